The largest absolute Gasteiger partial charge is 0.354 e. The van der Waals surface area contributed by atoms with Crippen LogP contribution in [0.2, 0.25) is 0 Å². The maximum atomic E-state index is 11.9. The van der Waals surface area contributed by atoms with Crippen LogP contribution in [0.5, 0.6) is 0 Å². The Morgan fingerprint density at radius 3 is 2.59 bits per heavy atom. The van der Waals surface area contributed by atoms with E-state index in [1.165, 1.54) is 6.07 Å². The number of benzene rings is 1. The zero-order chi connectivity index (χ0) is 12.9. The Bertz CT molecular complexity index is 497. The van der Waals surface area contributed by atoms with Gasteiger partial charge in [0.2, 0.25) is 5.91 Å². The monoisotopic (exact) mass is 256 g/mol. The van der Waals surface area contributed by atoms with Crippen LogP contribution in [0.15, 0.2) is 29.2 Å². The number of hydrogen-bond donors (Lipinski definition) is 2. The normalized spacial score (nSPS) is 11.2. The van der Waals surface area contributed by atoms with Crippen molar-refractivity contribution in [3.8, 4) is 0 Å². The highest BCUT2D eigenvalue weighted by atomic mass is 32.2. The Hall–Kier alpha value is -1.40. The SMILES string of the molecule is Cc1ccccc1S(=O)(=O)CC(=O)NCCN. The molecular weight excluding hydrogens is 240 g/mol. The summed E-state index contributed by atoms with van der Waals surface area (Å²) < 4.78 is 23.9. The molecule has 0 saturated carbocycles. The van der Waals surface area contributed by atoms with Crippen LogP contribution in [-0.2, 0) is 14.6 Å². The van der Waals surface area contributed by atoms with Crippen LogP contribution in [0.25, 0.3) is 0 Å². The lowest BCUT2D eigenvalue weighted by atomic mass is 10.2. The molecule has 0 radical (unpaired) electrons. The number of hydrogen-bond acceptors (Lipinski definition) is 4. The quantitative estimate of drug-likeness (QED) is 0.766. The Labute approximate surface area is 101 Å². The summed E-state index contributed by atoms with van der Waals surface area (Å²) in [5.41, 5.74) is 5.85. The molecule has 1 amide bonds. The molecule has 6 heteroatoms. The van der Waals surface area contributed by atoms with E-state index >= 15 is 0 Å². The van der Waals surface area contributed by atoms with Crippen LogP contribution in [-0.4, -0.2) is 33.2 Å². The van der Waals surface area contributed by atoms with Crippen molar-refractivity contribution in [2.24, 2.45) is 5.73 Å². The van der Waals surface area contributed by atoms with Gasteiger partial charge in [-0.3, -0.25) is 4.79 Å². The van der Waals surface area contributed by atoms with Gasteiger partial charge in [-0.05, 0) is 18.6 Å². The number of aryl methyl sites for hydroxylation is 1. The van der Waals surface area contributed by atoms with Crippen LogP contribution >= 0.6 is 0 Å². The molecule has 3 N–H and O–H groups in total. The number of amides is 1. The summed E-state index contributed by atoms with van der Waals surface area (Å²) in [6, 6.07) is 6.59. The highest BCUT2D eigenvalue weighted by molar-refractivity contribution is 7.92. The van der Waals surface area contributed by atoms with E-state index in [1.807, 2.05) is 0 Å². The minimum Gasteiger partial charge on any atom is -0.354 e. The van der Waals surface area contributed by atoms with Crippen molar-refractivity contribution in [3.63, 3.8) is 0 Å². The van der Waals surface area contributed by atoms with Crippen molar-refractivity contribution in [2.75, 3.05) is 18.8 Å². The molecule has 0 heterocycles. The first kappa shape index (κ1) is 13.7. The average Bonchev–Trinajstić information content (AvgIpc) is 2.26. The van der Waals surface area contributed by atoms with Crippen molar-refractivity contribution in [1.29, 1.82) is 0 Å². The van der Waals surface area contributed by atoms with Gasteiger partial charge in [0.1, 0.15) is 5.75 Å². The third-order valence-corrected chi connectivity index (χ3v) is 3.99. The van der Waals surface area contributed by atoms with E-state index < -0.39 is 21.5 Å². The van der Waals surface area contributed by atoms with Gasteiger partial charge in [-0.2, -0.15) is 0 Å². The van der Waals surface area contributed by atoms with Gasteiger partial charge < -0.3 is 11.1 Å². The Morgan fingerprint density at radius 1 is 1.35 bits per heavy atom. The molecule has 0 saturated heterocycles. The second kappa shape index (κ2) is 5.79. The van der Waals surface area contributed by atoms with Crippen molar-refractivity contribution in [1.82, 2.24) is 5.32 Å². The number of carbonyl (C=O) groups excluding carboxylic acids is 1. The lowest BCUT2D eigenvalue weighted by molar-refractivity contribution is -0.118. The van der Waals surface area contributed by atoms with E-state index in [9.17, 15) is 13.2 Å². The molecule has 1 rings (SSSR count). The van der Waals surface area contributed by atoms with Gasteiger partial charge in [0.05, 0.1) is 4.90 Å². The molecule has 0 aromatic heterocycles. The van der Waals surface area contributed by atoms with Gasteiger partial charge in [0, 0.05) is 13.1 Å². The van der Waals surface area contributed by atoms with Gasteiger partial charge in [0.15, 0.2) is 9.84 Å². The first-order chi connectivity index (χ1) is 7.97. The maximum absolute atomic E-state index is 11.9. The molecule has 1 aromatic carbocycles. The summed E-state index contributed by atoms with van der Waals surface area (Å²) >= 11 is 0. The van der Waals surface area contributed by atoms with Crippen LogP contribution in [0.1, 0.15) is 5.56 Å². The minimum atomic E-state index is -3.57. The van der Waals surface area contributed by atoms with Crippen LogP contribution < -0.4 is 11.1 Å². The second-order valence-corrected chi connectivity index (χ2v) is 5.62. The van der Waals surface area contributed by atoms with E-state index in [0.717, 1.165) is 0 Å². The molecule has 94 valence electrons. The summed E-state index contributed by atoms with van der Waals surface area (Å²) in [5, 5.41) is 2.43. The predicted octanol–water partition coefficient (Wildman–Crippen LogP) is -0.156. The number of sulfone groups is 1. The zero-order valence-electron chi connectivity index (χ0n) is 9.64. The van der Waals surface area contributed by atoms with E-state index in [1.54, 1.807) is 25.1 Å². The Morgan fingerprint density at radius 2 is 2.00 bits per heavy atom. The van der Waals surface area contributed by atoms with E-state index in [-0.39, 0.29) is 18.0 Å². The zero-order valence-corrected chi connectivity index (χ0v) is 10.5. The summed E-state index contributed by atoms with van der Waals surface area (Å²) in [4.78, 5) is 11.6. The highest BCUT2D eigenvalue weighted by Gasteiger charge is 2.20. The van der Waals surface area contributed by atoms with Crippen LogP contribution in [0, 0.1) is 6.92 Å². The molecule has 0 unspecified atom stereocenters. The van der Waals surface area contributed by atoms with E-state index in [0.29, 0.717) is 5.56 Å². The van der Waals surface area contributed by atoms with Crippen LogP contribution in [0.4, 0.5) is 0 Å². The fourth-order valence-electron chi connectivity index (χ4n) is 1.42. The molecule has 0 fully saturated rings. The number of rotatable bonds is 5. The number of nitrogens with two attached hydrogens (primary N) is 1. The standard InChI is InChI=1S/C11H16N2O3S/c1-9-4-2-3-5-10(9)17(15,16)8-11(14)13-7-6-12/h2-5H,6-8,12H2,1H3,(H,13,14). The molecule has 5 nitrogen and oxygen atoms in total. The highest BCUT2D eigenvalue weighted by Crippen LogP contribution is 2.15. The Balaban J connectivity index is 2.83. The van der Waals surface area contributed by atoms with Crippen molar-refractivity contribution in [3.05, 3.63) is 29.8 Å². The minimum absolute atomic E-state index is 0.197. The van der Waals surface area contributed by atoms with Gasteiger partial charge in [-0.15, -0.1) is 0 Å². The third kappa shape index (κ3) is 3.83. The van der Waals surface area contributed by atoms with Crippen molar-refractivity contribution in [2.45, 2.75) is 11.8 Å². The first-order valence-electron chi connectivity index (χ1n) is 5.22. The summed E-state index contributed by atoms with van der Waals surface area (Å²) in [6.45, 7) is 2.27. The van der Waals surface area contributed by atoms with Crippen LogP contribution in [0.3, 0.4) is 0 Å². The lowest BCUT2D eigenvalue weighted by Gasteiger charge is -2.07. The molecule has 1 aromatic rings. The summed E-state index contributed by atoms with van der Waals surface area (Å²) in [7, 11) is -3.57. The van der Waals surface area contributed by atoms with E-state index in [2.05, 4.69) is 5.32 Å². The molecule has 0 bridgehead atoms. The summed E-state index contributed by atoms with van der Waals surface area (Å²) in [5.74, 6) is -1.07. The average molecular weight is 256 g/mol. The van der Waals surface area contributed by atoms with Gasteiger partial charge in [-0.25, -0.2) is 8.42 Å². The fraction of sp³-hybridized carbons (Fsp3) is 0.364. The lowest BCUT2D eigenvalue weighted by Crippen LogP contribution is -2.34. The van der Waals surface area contributed by atoms with E-state index in [4.69, 9.17) is 5.73 Å². The Kier molecular flexibility index (Phi) is 4.65. The number of carbonyl (C=O) groups is 1. The summed E-state index contributed by atoms with van der Waals surface area (Å²) in [6.07, 6.45) is 0. The number of nitrogens with one attached hydrogen (secondary N) is 1. The van der Waals surface area contributed by atoms with Gasteiger partial charge in [-0.1, -0.05) is 18.2 Å². The molecule has 0 aliphatic rings. The fourth-order valence-corrected chi connectivity index (χ4v) is 2.87. The van der Waals surface area contributed by atoms with Crippen molar-refractivity contribution >= 4 is 15.7 Å². The molecular formula is C11H16N2O3S. The smallest absolute Gasteiger partial charge is 0.235 e. The molecule has 17 heavy (non-hydrogen) atoms. The third-order valence-electron chi connectivity index (χ3n) is 2.22. The van der Waals surface area contributed by atoms with Crippen molar-refractivity contribution < 1.29 is 13.2 Å². The molecule has 0 aliphatic heterocycles. The first-order valence-corrected chi connectivity index (χ1v) is 6.88. The second-order valence-electron chi connectivity index (χ2n) is 3.66. The predicted molar refractivity (Wildman–Crippen MR) is 65.3 cm³/mol. The molecule has 0 atom stereocenters. The van der Waals surface area contributed by atoms with Gasteiger partial charge in [0.25, 0.3) is 0 Å². The maximum Gasteiger partial charge on any atom is 0.235 e. The molecule has 0 spiro atoms. The van der Waals surface area contributed by atoms with Gasteiger partial charge >= 0.3 is 0 Å². The topological polar surface area (TPSA) is 89.3 Å². The molecule has 0 aliphatic carbocycles.